The monoisotopic (exact) mass is 276 g/mol. The molecular weight excluding hydrogens is 256 g/mol. The van der Waals surface area contributed by atoms with Crippen molar-refractivity contribution in [3.05, 3.63) is 0 Å². The van der Waals surface area contributed by atoms with E-state index < -0.39 is 16.3 Å². The Morgan fingerprint density at radius 3 is 2.22 bits per heavy atom. The molecule has 1 aliphatic heterocycles. The van der Waals surface area contributed by atoms with Gasteiger partial charge in [0.05, 0.1) is 6.04 Å². The summed E-state index contributed by atoms with van der Waals surface area (Å²) < 4.78 is 23.4. The van der Waals surface area contributed by atoms with Gasteiger partial charge in [-0.1, -0.05) is 12.8 Å². The fourth-order valence-electron chi connectivity index (χ4n) is 2.21. The molecule has 0 aromatic rings. The number of carbonyl (C=O) groups excluding carboxylic acids is 1. The number of hydrogen-bond acceptors (Lipinski definition) is 4. The summed E-state index contributed by atoms with van der Waals surface area (Å²) >= 11 is 0. The average Bonchev–Trinajstić information content (AvgIpc) is 3.11. The lowest BCUT2D eigenvalue weighted by Gasteiger charge is -2.34. The van der Waals surface area contributed by atoms with Crippen LogP contribution >= 0.6 is 0 Å². The molecule has 1 atom stereocenters. The van der Waals surface area contributed by atoms with Crippen molar-refractivity contribution in [3.8, 4) is 0 Å². The van der Waals surface area contributed by atoms with Gasteiger partial charge in [0.1, 0.15) is 0 Å². The molecule has 1 aliphatic carbocycles. The van der Waals surface area contributed by atoms with Gasteiger partial charge in [-0.15, -0.1) is 0 Å². The van der Waals surface area contributed by atoms with E-state index in [2.05, 4.69) is 0 Å². The Bertz CT molecular complexity index is 413. The van der Waals surface area contributed by atoms with Crippen molar-refractivity contribution < 1.29 is 13.2 Å². The summed E-state index contributed by atoms with van der Waals surface area (Å²) in [6, 6.07) is -0.446. The summed E-state index contributed by atoms with van der Waals surface area (Å²) in [4.78, 5) is 13.7. The van der Waals surface area contributed by atoms with Crippen LogP contribution in [0.2, 0.25) is 0 Å². The Morgan fingerprint density at radius 1 is 1.22 bits per heavy atom. The summed E-state index contributed by atoms with van der Waals surface area (Å²) in [5, 5.41) is 5.04. The van der Waals surface area contributed by atoms with E-state index in [0.29, 0.717) is 19.0 Å². The van der Waals surface area contributed by atoms with Gasteiger partial charge in [0, 0.05) is 26.2 Å². The lowest BCUT2D eigenvalue weighted by Crippen LogP contribution is -2.55. The van der Waals surface area contributed by atoms with Gasteiger partial charge in [-0.3, -0.25) is 4.79 Å². The molecule has 8 heteroatoms. The third kappa shape index (κ3) is 3.41. The van der Waals surface area contributed by atoms with Crippen LogP contribution < -0.4 is 10.9 Å². The molecule has 4 N–H and O–H groups in total. The fraction of sp³-hybridized carbons (Fsp3) is 0.900. The first-order chi connectivity index (χ1) is 8.38. The summed E-state index contributed by atoms with van der Waals surface area (Å²) in [5.74, 6) is 0.533. The molecular formula is C10H20N4O3S. The Labute approximate surface area is 107 Å². The Kier molecular flexibility index (Phi) is 3.90. The van der Waals surface area contributed by atoms with E-state index in [4.69, 9.17) is 10.9 Å². The van der Waals surface area contributed by atoms with E-state index >= 15 is 0 Å². The first kappa shape index (κ1) is 13.7. The minimum absolute atomic E-state index is 0.0732. The number of nitrogens with two attached hydrogens (primary N) is 2. The SMILES string of the molecule is N[C@@H](CC1CC1)C(=O)N1CCN(S(N)(=O)=O)CC1. The van der Waals surface area contributed by atoms with Crippen LogP contribution in [-0.2, 0) is 15.0 Å². The van der Waals surface area contributed by atoms with Crippen molar-refractivity contribution in [3.63, 3.8) is 0 Å². The lowest BCUT2D eigenvalue weighted by molar-refractivity contribution is -0.134. The highest BCUT2D eigenvalue weighted by Crippen LogP contribution is 2.33. The molecule has 18 heavy (non-hydrogen) atoms. The predicted molar refractivity (Wildman–Crippen MR) is 66.6 cm³/mol. The third-order valence-corrected chi connectivity index (χ3v) is 4.60. The smallest absolute Gasteiger partial charge is 0.277 e. The largest absolute Gasteiger partial charge is 0.339 e. The van der Waals surface area contributed by atoms with Crippen LogP contribution in [-0.4, -0.2) is 55.8 Å². The Morgan fingerprint density at radius 2 is 1.78 bits per heavy atom. The molecule has 0 aromatic heterocycles. The number of nitrogens with zero attached hydrogens (tertiary/aromatic N) is 2. The molecule has 0 unspecified atom stereocenters. The van der Waals surface area contributed by atoms with Gasteiger partial charge < -0.3 is 10.6 Å². The molecule has 0 aromatic carbocycles. The number of amides is 1. The van der Waals surface area contributed by atoms with Crippen molar-refractivity contribution in [1.82, 2.24) is 9.21 Å². The van der Waals surface area contributed by atoms with Crippen LogP contribution in [0.15, 0.2) is 0 Å². The number of hydrogen-bond donors (Lipinski definition) is 2. The van der Waals surface area contributed by atoms with Crippen LogP contribution in [0.5, 0.6) is 0 Å². The topological polar surface area (TPSA) is 110 Å². The normalized spacial score (nSPS) is 24.0. The Hall–Kier alpha value is -0.700. The van der Waals surface area contributed by atoms with Crippen molar-refractivity contribution >= 4 is 16.1 Å². The second-order valence-corrected chi connectivity index (χ2v) is 6.60. The van der Waals surface area contributed by atoms with Crippen LogP contribution in [0, 0.1) is 5.92 Å². The van der Waals surface area contributed by atoms with Crippen LogP contribution in [0.3, 0.4) is 0 Å². The van der Waals surface area contributed by atoms with E-state index in [0.717, 1.165) is 6.42 Å². The van der Waals surface area contributed by atoms with Crippen LogP contribution in [0.25, 0.3) is 0 Å². The maximum absolute atomic E-state index is 12.0. The van der Waals surface area contributed by atoms with Gasteiger partial charge in [-0.05, 0) is 12.3 Å². The number of carbonyl (C=O) groups is 1. The van der Waals surface area contributed by atoms with Gasteiger partial charge in [0.25, 0.3) is 10.2 Å². The van der Waals surface area contributed by atoms with E-state index in [1.54, 1.807) is 4.90 Å². The zero-order valence-electron chi connectivity index (χ0n) is 10.3. The molecule has 0 radical (unpaired) electrons. The number of rotatable bonds is 4. The lowest BCUT2D eigenvalue weighted by atomic mass is 10.1. The Balaban J connectivity index is 1.83. The van der Waals surface area contributed by atoms with E-state index in [1.165, 1.54) is 17.1 Å². The highest BCUT2D eigenvalue weighted by Gasteiger charge is 2.32. The molecule has 1 heterocycles. The van der Waals surface area contributed by atoms with Crippen molar-refractivity contribution in [2.45, 2.75) is 25.3 Å². The molecule has 2 rings (SSSR count). The van der Waals surface area contributed by atoms with Gasteiger partial charge in [0.15, 0.2) is 0 Å². The van der Waals surface area contributed by atoms with Crippen molar-refractivity contribution in [2.75, 3.05) is 26.2 Å². The standard InChI is InChI=1S/C10H20N4O3S/c11-9(7-8-1-2-8)10(15)13-3-5-14(6-4-13)18(12,16)17/h8-9H,1-7,11H2,(H2,12,16,17)/t9-/m0/s1. The molecule has 0 bridgehead atoms. The van der Waals surface area contributed by atoms with Gasteiger partial charge >= 0.3 is 0 Å². The van der Waals surface area contributed by atoms with E-state index in [9.17, 15) is 13.2 Å². The van der Waals surface area contributed by atoms with Gasteiger partial charge in [-0.2, -0.15) is 12.7 Å². The van der Waals surface area contributed by atoms with Gasteiger partial charge in [-0.25, -0.2) is 5.14 Å². The number of piperazine rings is 1. The summed E-state index contributed by atoms with van der Waals surface area (Å²) in [5.41, 5.74) is 5.86. The average molecular weight is 276 g/mol. The summed E-state index contributed by atoms with van der Waals surface area (Å²) in [6.07, 6.45) is 3.08. The molecule has 1 saturated heterocycles. The van der Waals surface area contributed by atoms with E-state index in [-0.39, 0.29) is 19.0 Å². The van der Waals surface area contributed by atoms with Crippen LogP contribution in [0.1, 0.15) is 19.3 Å². The quantitative estimate of drug-likeness (QED) is 0.648. The molecule has 2 aliphatic rings. The second-order valence-electron chi connectivity index (χ2n) is 5.05. The second kappa shape index (κ2) is 5.12. The minimum atomic E-state index is -3.64. The predicted octanol–water partition coefficient (Wildman–Crippen LogP) is -1.54. The third-order valence-electron chi connectivity index (χ3n) is 3.51. The van der Waals surface area contributed by atoms with Crippen molar-refractivity contribution in [2.24, 2.45) is 16.8 Å². The summed E-state index contributed by atoms with van der Waals surface area (Å²) in [6.45, 7) is 1.24. The molecule has 7 nitrogen and oxygen atoms in total. The molecule has 104 valence electrons. The first-order valence-corrected chi connectivity index (χ1v) is 7.70. The molecule has 1 saturated carbocycles. The zero-order valence-corrected chi connectivity index (χ0v) is 11.1. The maximum Gasteiger partial charge on any atom is 0.277 e. The highest BCUT2D eigenvalue weighted by atomic mass is 32.2. The summed E-state index contributed by atoms with van der Waals surface area (Å²) in [7, 11) is -3.64. The zero-order chi connectivity index (χ0) is 13.3. The van der Waals surface area contributed by atoms with Crippen LogP contribution in [0.4, 0.5) is 0 Å². The fourth-order valence-corrected chi connectivity index (χ4v) is 2.88. The van der Waals surface area contributed by atoms with E-state index in [1.807, 2.05) is 0 Å². The maximum atomic E-state index is 12.0. The molecule has 2 fully saturated rings. The minimum Gasteiger partial charge on any atom is -0.339 e. The van der Waals surface area contributed by atoms with Crippen molar-refractivity contribution in [1.29, 1.82) is 0 Å². The molecule has 0 spiro atoms. The highest BCUT2D eigenvalue weighted by molar-refractivity contribution is 7.86. The molecule has 1 amide bonds. The first-order valence-electron chi connectivity index (χ1n) is 6.20. The van der Waals surface area contributed by atoms with Gasteiger partial charge in [0.2, 0.25) is 5.91 Å².